The van der Waals surface area contributed by atoms with E-state index >= 15 is 0 Å². The number of amides is 1. The molecule has 3 rings (SSSR count). The van der Waals surface area contributed by atoms with Crippen molar-refractivity contribution in [1.82, 2.24) is 10.2 Å². The molecule has 1 aromatic heterocycles. The Hall–Kier alpha value is -2.55. The lowest BCUT2D eigenvalue weighted by molar-refractivity contribution is -0.384. The van der Waals surface area contributed by atoms with E-state index in [0.29, 0.717) is 10.8 Å². The van der Waals surface area contributed by atoms with Gasteiger partial charge in [0.05, 0.1) is 4.92 Å². The fourth-order valence-corrected chi connectivity index (χ4v) is 2.87. The molecule has 0 spiro atoms. The van der Waals surface area contributed by atoms with Gasteiger partial charge in [-0.05, 0) is 25.0 Å². The summed E-state index contributed by atoms with van der Waals surface area (Å²) in [5.74, 6) is -0.437. The van der Waals surface area contributed by atoms with Crippen LogP contribution in [0, 0.1) is 10.1 Å². The summed E-state index contributed by atoms with van der Waals surface area (Å²) in [6, 6.07) is 4.54. The van der Waals surface area contributed by atoms with Crippen molar-refractivity contribution in [2.75, 3.05) is 23.3 Å². The summed E-state index contributed by atoms with van der Waals surface area (Å²) in [5, 5.41) is 21.6. The van der Waals surface area contributed by atoms with E-state index in [4.69, 9.17) is 0 Å². The molecule has 114 valence electrons. The van der Waals surface area contributed by atoms with Crippen LogP contribution in [0.3, 0.4) is 0 Å². The Morgan fingerprint density at radius 2 is 2.14 bits per heavy atom. The van der Waals surface area contributed by atoms with Gasteiger partial charge in [-0.15, -0.1) is 10.2 Å². The SMILES string of the molecule is O=C(Nc1nncs1)c1ccc(N2CCCC2)c([N+](=O)[O-])c1. The molecule has 8 nitrogen and oxygen atoms in total. The second-order valence-corrected chi connectivity index (χ2v) is 5.69. The summed E-state index contributed by atoms with van der Waals surface area (Å²) in [5.41, 5.74) is 2.24. The number of hydrogen-bond acceptors (Lipinski definition) is 7. The van der Waals surface area contributed by atoms with Crippen molar-refractivity contribution in [3.05, 3.63) is 39.4 Å². The Morgan fingerprint density at radius 1 is 1.36 bits per heavy atom. The van der Waals surface area contributed by atoms with Crippen LogP contribution in [0.1, 0.15) is 23.2 Å². The van der Waals surface area contributed by atoms with Crippen LogP contribution >= 0.6 is 11.3 Å². The summed E-state index contributed by atoms with van der Waals surface area (Å²) in [6.45, 7) is 1.61. The fourth-order valence-electron chi connectivity index (χ4n) is 2.43. The van der Waals surface area contributed by atoms with Gasteiger partial charge in [-0.3, -0.25) is 20.2 Å². The molecule has 0 unspecified atom stereocenters. The number of nitro groups is 1. The Bertz CT molecular complexity index is 698. The summed E-state index contributed by atoms with van der Waals surface area (Å²) in [6.07, 6.45) is 2.05. The van der Waals surface area contributed by atoms with Crippen molar-refractivity contribution < 1.29 is 9.72 Å². The lowest BCUT2D eigenvalue weighted by Crippen LogP contribution is -2.19. The second-order valence-electron chi connectivity index (χ2n) is 4.85. The highest BCUT2D eigenvalue weighted by Gasteiger charge is 2.24. The molecular weight excluding hydrogens is 306 g/mol. The van der Waals surface area contributed by atoms with Crippen LogP contribution in [0.25, 0.3) is 0 Å². The quantitative estimate of drug-likeness (QED) is 0.685. The molecular formula is C13H13N5O3S. The Kier molecular flexibility index (Phi) is 3.96. The van der Waals surface area contributed by atoms with Crippen LogP contribution in [-0.2, 0) is 0 Å². The molecule has 1 saturated heterocycles. The lowest BCUT2D eigenvalue weighted by atomic mass is 10.1. The van der Waals surface area contributed by atoms with Crippen molar-refractivity contribution in [2.24, 2.45) is 0 Å². The number of anilines is 2. The van der Waals surface area contributed by atoms with Crippen molar-refractivity contribution in [3.8, 4) is 0 Å². The van der Waals surface area contributed by atoms with E-state index in [1.54, 1.807) is 12.1 Å². The van der Waals surface area contributed by atoms with Crippen molar-refractivity contribution >= 4 is 33.8 Å². The summed E-state index contributed by atoms with van der Waals surface area (Å²) in [7, 11) is 0. The first kappa shape index (κ1) is 14.4. The maximum Gasteiger partial charge on any atom is 0.293 e. The van der Waals surface area contributed by atoms with Crippen LogP contribution in [0.5, 0.6) is 0 Å². The standard InChI is InChI=1S/C13H13N5O3S/c19-12(15-13-16-14-8-22-13)9-3-4-10(11(7-9)18(20)21)17-5-1-2-6-17/h3-4,7-8H,1-2,5-6H2,(H,15,16,19). The number of carbonyl (C=O) groups is 1. The average Bonchev–Trinajstić information content (AvgIpc) is 3.19. The Balaban J connectivity index is 1.88. The van der Waals surface area contributed by atoms with Crippen LogP contribution in [0.2, 0.25) is 0 Å². The first-order chi connectivity index (χ1) is 10.6. The molecule has 22 heavy (non-hydrogen) atoms. The van der Waals surface area contributed by atoms with Crippen molar-refractivity contribution in [1.29, 1.82) is 0 Å². The van der Waals surface area contributed by atoms with Gasteiger partial charge in [0.25, 0.3) is 11.6 Å². The minimum atomic E-state index is -0.449. The normalized spacial score (nSPS) is 14.1. The number of nitrogens with one attached hydrogen (secondary N) is 1. The second kappa shape index (κ2) is 6.06. The number of nitrogens with zero attached hydrogens (tertiary/aromatic N) is 4. The van der Waals surface area contributed by atoms with Gasteiger partial charge in [-0.1, -0.05) is 11.3 Å². The van der Waals surface area contributed by atoms with E-state index in [1.165, 1.54) is 22.9 Å². The van der Waals surface area contributed by atoms with E-state index in [0.717, 1.165) is 25.9 Å². The van der Waals surface area contributed by atoms with Crippen molar-refractivity contribution in [2.45, 2.75) is 12.8 Å². The molecule has 1 aliphatic heterocycles. The zero-order chi connectivity index (χ0) is 15.5. The van der Waals surface area contributed by atoms with Gasteiger partial charge in [-0.2, -0.15) is 0 Å². The molecule has 9 heteroatoms. The van der Waals surface area contributed by atoms with Crippen molar-refractivity contribution in [3.63, 3.8) is 0 Å². The van der Waals surface area contributed by atoms with Crippen LogP contribution < -0.4 is 10.2 Å². The first-order valence-corrected chi connectivity index (χ1v) is 7.64. The summed E-state index contributed by atoms with van der Waals surface area (Å²) < 4.78 is 0. The predicted molar refractivity (Wildman–Crippen MR) is 82.4 cm³/mol. The van der Waals surface area contributed by atoms with E-state index in [1.807, 2.05) is 4.90 Å². The summed E-state index contributed by atoms with van der Waals surface area (Å²) >= 11 is 1.18. The Labute approximate surface area is 129 Å². The lowest BCUT2D eigenvalue weighted by Gasteiger charge is -2.17. The van der Waals surface area contributed by atoms with Crippen LogP contribution in [0.4, 0.5) is 16.5 Å². The minimum absolute atomic E-state index is 0.0492. The van der Waals surface area contributed by atoms with E-state index in [-0.39, 0.29) is 11.3 Å². The molecule has 0 aliphatic carbocycles. The molecule has 2 heterocycles. The molecule has 0 bridgehead atoms. The number of carbonyl (C=O) groups excluding carboxylic acids is 1. The highest BCUT2D eigenvalue weighted by molar-refractivity contribution is 7.13. The van der Waals surface area contributed by atoms with Gasteiger partial charge in [0.1, 0.15) is 11.2 Å². The van der Waals surface area contributed by atoms with Gasteiger partial charge in [0, 0.05) is 24.7 Å². The van der Waals surface area contributed by atoms with E-state index < -0.39 is 10.8 Å². The number of aromatic nitrogens is 2. The highest BCUT2D eigenvalue weighted by Crippen LogP contribution is 2.31. The van der Waals surface area contributed by atoms with Gasteiger partial charge in [0.15, 0.2) is 0 Å². The molecule has 0 radical (unpaired) electrons. The van der Waals surface area contributed by atoms with Crippen LogP contribution in [0.15, 0.2) is 23.7 Å². The van der Waals surface area contributed by atoms with E-state index in [9.17, 15) is 14.9 Å². The molecule has 0 saturated carbocycles. The topological polar surface area (TPSA) is 101 Å². The Morgan fingerprint density at radius 3 is 2.77 bits per heavy atom. The number of hydrogen-bond donors (Lipinski definition) is 1. The third-order valence-electron chi connectivity index (χ3n) is 3.46. The van der Waals surface area contributed by atoms with Gasteiger partial charge in [-0.25, -0.2) is 0 Å². The molecule has 1 aromatic carbocycles. The van der Waals surface area contributed by atoms with Gasteiger partial charge >= 0.3 is 0 Å². The number of benzene rings is 1. The molecule has 1 amide bonds. The number of rotatable bonds is 4. The predicted octanol–water partition coefficient (Wildman–Crippen LogP) is 2.30. The van der Waals surface area contributed by atoms with E-state index in [2.05, 4.69) is 15.5 Å². The minimum Gasteiger partial charge on any atom is -0.366 e. The first-order valence-electron chi connectivity index (χ1n) is 6.76. The molecule has 1 aliphatic rings. The van der Waals surface area contributed by atoms with Crippen LogP contribution in [-0.4, -0.2) is 34.1 Å². The third-order valence-corrected chi connectivity index (χ3v) is 4.07. The fraction of sp³-hybridized carbons (Fsp3) is 0.308. The average molecular weight is 319 g/mol. The maximum atomic E-state index is 12.1. The maximum absolute atomic E-state index is 12.1. The van der Waals surface area contributed by atoms with Gasteiger partial charge in [0.2, 0.25) is 5.13 Å². The zero-order valence-electron chi connectivity index (χ0n) is 11.6. The smallest absolute Gasteiger partial charge is 0.293 e. The molecule has 1 fully saturated rings. The molecule has 2 aromatic rings. The molecule has 1 N–H and O–H groups in total. The monoisotopic (exact) mass is 319 g/mol. The summed E-state index contributed by atoms with van der Waals surface area (Å²) in [4.78, 5) is 24.9. The highest BCUT2D eigenvalue weighted by atomic mass is 32.1. The zero-order valence-corrected chi connectivity index (χ0v) is 12.4. The van der Waals surface area contributed by atoms with Gasteiger partial charge < -0.3 is 4.90 Å². The number of nitro benzene ring substituents is 1. The molecule has 0 atom stereocenters. The largest absolute Gasteiger partial charge is 0.366 e. The third kappa shape index (κ3) is 2.89.